The van der Waals surface area contributed by atoms with Gasteiger partial charge in [0.15, 0.2) is 0 Å². The number of carbonyl (C=O) groups is 1. The van der Waals surface area contributed by atoms with Gasteiger partial charge in [-0.05, 0) is 69.2 Å². The molecule has 1 N–H and O–H groups in total. The fourth-order valence-electron chi connectivity index (χ4n) is 3.12. The first-order valence-electron chi connectivity index (χ1n) is 8.47. The van der Waals surface area contributed by atoms with Crippen LogP contribution in [0.15, 0.2) is 53.9 Å². The molecule has 0 unspecified atom stereocenters. The lowest BCUT2D eigenvalue weighted by molar-refractivity contribution is 0.0955. The Morgan fingerprint density at radius 2 is 1.85 bits per heavy atom. The van der Waals surface area contributed by atoms with Gasteiger partial charge in [0.05, 0.1) is 11.8 Å². The molecule has 0 aliphatic heterocycles. The van der Waals surface area contributed by atoms with Crippen LogP contribution in [0.5, 0.6) is 0 Å². The summed E-state index contributed by atoms with van der Waals surface area (Å²) in [6.45, 7) is 8.31. The summed E-state index contributed by atoms with van der Waals surface area (Å²) in [6.07, 6.45) is 4.81. The molecule has 1 aromatic carbocycles. The Balaban J connectivity index is 1.83. The van der Waals surface area contributed by atoms with Gasteiger partial charge in [0, 0.05) is 35.0 Å². The second kappa shape index (κ2) is 7.35. The zero-order valence-corrected chi connectivity index (χ0v) is 15.4. The number of hydrogen-bond acceptors (Lipinski definition) is 3. The van der Waals surface area contributed by atoms with Crippen LogP contribution in [-0.4, -0.2) is 21.7 Å². The number of hydrogen-bond donors (Lipinski definition) is 1. The first kappa shape index (κ1) is 17.6. The van der Waals surface area contributed by atoms with Crippen LogP contribution < -0.4 is 5.43 Å². The van der Waals surface area contributed by atoms with Crippen molar-refractivity contribution in [2.45, 2.75) is 27.7 Å². The van der Waals surface area contributed by atoms with E-state index in [1.807, 2.05) is 0 Å². The summed E-state index contributed by atoms with van der Waals surface area (Å²) >= 11 is 0. The van der Waals surface area contributed by atoms with Crippen LogP contribution in [-0.2, 0) is 0 Å². The van der Waals surface area contributed by atoms with Gasteiger partial charge in [0.25, 0.3) is 5.91 Å². The molecule has 5 nitrogen and oxygen atoms in total. The third kappa shape index (κ3) is 3.72. The monoisotopic (exact) mass is 346 g/mol. The molecule has 3 rings (SSSR count). The molecule has 0 aliphatic rings. The Labute approximate surface area is 153 Å². The van der Waals surface area contributed by atoms with E-state index in [0.29, 0.717) is 5.56 Å². The molecule has 0 atom stereocenters. The normalized spacial score (nSPS) is 11.1. The molecule has 0 bridgehead atoms. The summed E-state index contributed by atoms with van der Waals surface area (Å²) < 4.78 is 2.20. The molecule has 2 aromatic heterocycles. The highest BCUT2D eigenvalue weighted by molar-refractivity contribution is 5.94. The average molecular weight is 346 g/mol. The van der Waals surface area contributed by atoms with Crippen molar-refractivity contribution in [2.24, 2.45) is 5.10 Å². The maximum Gasteiger partial charge on any atom is 0.272 e. The van der Waals surface area contributed by atoms with Crippen LogP contribution in [0.2, 0.25) is 0 Å². The SMILES string of the molecule is Cc1cc(C)cc(-n2c(C)cc(C=NNC(=O)c3cccnc3)c2C)c1. The summed E-state index contributed by atoms with van der Waals surface area (Å²) in [6, 6.07) is 12.0. The van der Waals surface area contributed by atoms with Gasteiger partial charge in [-0.15, -0.1) is 0 Å². The van der Waals surface area contributed by atoms with Crippen LogP contribution in [0.3, 0.4) is 0 Å². The fourth-order valence-corrected chi connectivity index (χ4v) is 3.12. The highest BCUT2D eigenvalue weighted by Crippen LogP contribution is 2.21. The van der Waals surface area contributed by atoms with E-state index >= 15 is 0 Å². The number of pyridine rings is 1. The predicted octanol–water partition coefficient (Wildman–Crippen LogP) is 3.87. The zero-order valence-electron chi connectivity index (χ0n) is 15.4. The van der Waals surface area contributed by atoms with Gasteiger partial charge in [-0.2, -0.15) is 5.10 Å². The van der Waals surface area contributed by atoms with Crippen LogP contribution in [0, 0.1) is 27.7 Å². The van der Waals surface area contributed by atoms with Gasteiger partial charge < -0.3 is 4.57 Å². The maximum absolute atomic E-state index is 12.0. The molecule has 0 radical (unpaired) electrons. The summed E-state index contributed by atoms with van der Waals surface area (Å²) in [5.41, 5.74) is 9.77. The average Bonchev–Trinajstić information content (AvgIpc) is 2.88. The zero-order chi connectivity index (χ0) is 18.7. The molecule has 2 heterocycles. The van der Waals surface area contributed by atoms with Crippen LogP contribution in [0.25, 0.3) is 5.69 Å². The van der Waals surface area contributed by atoms with Gasteiger partial charge in [0.1, 0.15) is 0 Å². The maximum atomic E-state index is 12.0. The Hall–Kier alpha value is -3.21. The molecule has 5 heteroatoms. The van der Waals surface area contributed by atoms with E-state index < -0.39 is 0 Å². The van der Waals surface area contributed by atoms with Gasteiger partial charge >= 0.3 is 0 Å². The molecule has 0 fully saturated rings. The number of hydrazone groups is 1. The minimum atomic E-state index is -0.280. The van der Waals surface area contributed by atoms with E-state index in [1.54, 1.807) is 24.5 Å². The van der Waals surface area contributed by atoms with E-state index in [4.69, 9.17) is 0 Å². The van der Waals surface area contributed by atoms with Gasteiger partial charge in [0.2, 0.25) is 0 Å². The van der Waals surface area contributed by atoms with Crippen LogP contribution >= 0.6 is 0 Å². The molecule has 0 spiro atoms. The van der Waals surface area contributed by atoms with Crippen molar-refractivity contribution in [2.75, 3.05) is 0 Å². The summed E-state index contributed by atoms with van der Waals surface area (Å²) in [5.74, 6) is -0.280. The summed E-state index contributed by atoms with van der Waals surface area (Å²) in [7, 11) is 0. The highest BCUT2D eigenvalue weighted by atomic mass is 16.2. The fraction of sp³-hybridized carbons (Fsp3) is 0.190. The first-order valence-corrected chi connectivity index (χ1v) is 8.47. The lowest BCUT2D eigenvalue weighted by Crippen LogP contribution is -2.17. The topological polar surface area (TPSA) is 59.3 Å². The number of nitrogens with one attached hydrogen (secondary N) is 1. The molecule has 3 aromatic rings. The quantitative estimate of drug-likeness (QED) is 0.576. The van der Waals surface area contributed by atoms with Gasteiger partial charge in [-0.1, -0.05) is 6.07 Å². The molecule has 0 saturated heterocycles. The first-order chi connectivity index (χ1) is 12.5. The third-order valence-corrected chi connectivity index (χ3v) is 4.23. The minimum absolute atomic E-state index is 0.280. The summed E-state index contributed by atoms with van der Waals surface area (Å²) in [4.78, 5) is 16.0. The molecule has 132 valence electrons. The second-order valence-corrected chi connectivity index (χ2v) is 6.45. The lowest BCUT2D eigenvalue weighted by atomic mass is 10.1. The number of carbonyl (C=O) groups excluding carboxylic acids is 1. The van der Waals surface area contributed by atoms with E-state index in [2.05, 4.69) is 72.0 Å². The van der Waals surface area contributed by atoms with Crippen molar-refractivity contribution in [3.8, 4) is 5.69 Å². The van der Waals surface area contributed by atoms with Crippen molar-refractivity contribution in [3.05, 3.63) is 82.4 Å². The van der Waals surface area contributed by atoms with Gasteiger partial charge in [-0.3, -0.25) is 9.78 Å². The number of aryl methyl sites for hydroxylation is 3. The standard InChI is InChI=1S/C21H22N4O/c1-14-8-15(2)10-20(9-14)25-16(3)11-19(17(25)4)13-23-24-21(26)18-6-5-7-22-12-18/h5-13H,1-4H3,(H,24,26). The van der Waals surface area contributed by atoms with E-state index in [0.717, 1.165) is 22.6 Å². The Morgan fingerprint density at radius 3 is 2.50 bits per heavy atom. The van der Waals surface area contributed by atoms with Gasteiger partial charge in [-0.25, -0.2) is 5.43 Å². The third-order valence-electron chi connectivity index (χ3n) is 4.23. The number of rotatable bonds is 4. The molecule has 0 saturated carbocycles. The summed E-state index contributed by atoms with van der Waals surface area (Å²) in [5, 5.41) is 4.10. The number of benzene rings is 1. The molecular formula is C21H22N4O. The predicted molar refractivity (Wildman–Crippen MR) is 104 cm³/mol. The molecule has 1 amide bonds. The van der Waals surface area contributed by atoms with Crippen molar-refractivity contribution >= 4 is 12.1 Å². The Kier molecular flexibility index (Phi) is 4.98. The molecular weight excluding hydrogens is 324 g/mol. The molecule has 0 aliphatic carbocycles. The Morgan fingerprint density at radius 1 is 1.12 bits per heavy atom. The largest absolute Gasteiger partial charge is 0.318 e. The lowest BCUT2D eigenvalue weighted by Gasteiger charge is -2.11. The van der Waals surface area contributed by atoms with E-state index in [9.17, 15) is 4.79 Å². The number of nitrogens with zero attached hydrogens (tertiary/aromatic N) is 3. The smallest absolute Gasteiger partial charge is 0.272 e. The number of aromatic nitrogens is 2. The van der Waals surface area contributed by atoms with Crippen LogP contribution in [0.4, 0.5) is 0 Å². The minimum Gasteiger partial charge on any atom is -0.318 e. The highest BCUT2D eigenvalue weighted by Gasteiger charge is 2.10. The number of amides is 1. The van der Waals surface area contributed by atoms with E-state index in [1.165, 1.54) is 17.3 Å². The Bertz CT molecular complexity index is 951. The van der Waals surface area contributed by atoms with Crippen molar-refractivity contribution < 1.29 is 4.79 Å². The van der Waals surface area contributed by atoms with Crippen molar-refractivity contribution in [3.63, 3.8) is 0 Å². The van der Waals surface area contributed by atoms with Crippen LogP contribution in [0.1, 0.15) is 38.4 Å². The van der Waals surface area contributed by atoms with Crippen molar-refractivity contribution in [1.82, 2.24) is 15.0 Å². The van der Waals surface area contributed by atoms with E-state index in [-0.39, 0.29) is 5.91 Å². The molecule has 26 heavy (non-hydrogen) atoms. The van der Waals surface area contributed by atoms with Crippen molar-refractivity contribution in [1.29, 1.82) is 0 Å². The second-order valence-electron chi connectivity index (χ2n) is 6.45.